The largest absolute Gasteiger partial charge is 0.373 e. The van der Waals surface area contributed by atoms with Gasteiger partial charge >= 0.3 is 0 Å². The van der Waals surface area contributed by atoms with E-state index in [1.807, 2.05) is 32.3 Å². The molecule has 0 saturated carbocycles. The lowest BCUT2D eigenvalue weighted by Gasteiger charge is -2.31. The fourth-order valence-corrected chi connectivity index (χ4v) is 3.76. The molecule has 1 aliphatic rings. The number of nitrogens with one attached hydrogen (secondary N) is 2. The summed E-state index contributed by atoms with van der Waals surface area (Å²) >= 11 is 0. The molecule has 1 aliphatic heterocycles. The third kappa shape index (κ3) is 3.22. The topological polar surface area (TPSA) is 78.3 Å². The maximum absolute atomic E-state index is 12.3. The van der Waals surface area contributed by atoms with Crippen molar-refractivity contribution in [2.45, 2.75) is 32.2 Å². The highest BCUT2D eigenvalue weighted by Gasteiger charge is 2.23. The summed E-state index contributed by atoms with van der Waals surface area (Å²) in [5, 5.41) is 6.18. The Kier molecular flexibility index (Phi) is 4.46. The van der Waals surface area contributed by atoms with E-state index in [0.29, 0.717) is 11.6 Å². The van der Waals surface area contributed by atoms with Gasteiger partial charge in [-0.2, -0.15) is 0 Å². The van der Waals surface area contributed by atoms with Crippen molar-refractivity contribution >= 4 is 11.5 Å². The Morgan fingerprint density at radius 1 is 1.31 bits per heavy atom. The molecule has 0 bridgehead atoms. The van der Waals surface area contributed by atoms with E-state index >= 15 is 0 Å². The smallest absolute Gasteiger partial charge is 0.272 e. The van der Waals surface area contributed by atoms with E-state index < -0.39 is 0 Å². The summed E-state index contributed by atoms with van der Waals surface area (Å²) in [6.07, 6.45) is 3.84. The minimum absolute atomic E-state index is 0.0328. The maximum atomic E-state index is 12.3. The third-order valence-corrected chi connectivity index (χ3v) is 5.13. The number of hydrogen-bond acceptors (Lipinski definition) is 5. The molecule has 0 aromatic carbocycles. The van der Waals surface area contributed by atoms with Crippen molar-refractivity contribution in [1.82, 2.24) is 24.5 Å². The molecule has 7 heteroatoms. The summed E-state index contributed by atoms with van der Waals surface area (Å²) in [6.45, 7) is 4.82. The predicted octanol–water partition coefficient (Wildman–Crippen LogP) is 2.15. The predicted molar refractivity (Wildman–Crippen MR) is 102 cm³/mol. The molecular formula is C19H24N6O. The van der Waals surface area contributed by atoms with Crippen LogP contribution in [0.1, 0.15) is 35.7 Å². The van der Waals surface area contributed by atoms with Gasteiger partial charge in [0.25, 0.3) is 5.56 Å². The SMILES string of the molecule is CNc1ncccc1CN1CCC(c2cc(=O)n3[nH]c(C)cc3n2)CC1. The van der Waals surface area contributed by atoms with E-state index in [2.05, 4.69) is 26.4 Å². The zero-order valence-corrected chi connectivity index (χ0v) is 15.2. The van der Waals surface area contributed by atoms with E-state index in [4.69, 9.17) is 4.98 Å². The molecular weight excluding hydrogens is 328 g/mol. The first-order chi connectivity index (χ1) is 12.6. The van der Waals surface area contributed by atoms with Gasteiger partial charge in [0.15, 0.2) is 5.65 Å². The fraction of sp³-hybridized carbons (Fsp3) is 0.421. The molecule has 0 amide bonds. The Bertz CT molecular complexity index is 968. The average Bonchev–Trinajstić information content (AvgIpc) is 3.04. The lowest BCUT2D eigenvalue weighted by molar-refractivity contribution is 0.203. The molecule has 4 rings (SSSR count). The highest BCUT2D eigenvalue weighted by atomic mass is 16.1. The van der Waals surface area contributed by atoms with Gasteiger partial charge < -0.3 is 5.32 Å². The Morgan fingerprint density at radius 2 is 2.12 bits per heavy atom. The van der Waals surface area contributed by atoms with Gasteiger partial charge in [0, 0.05) is 49.1 Å². The number of aromatic nitrogens is 4. The molecule has 4 heterocycles. The molecule has 1 fully saturated rings. The highest BCUT2D eigenvalue weighted by molar-refractivity contribution is 5.43. The first-order valence-corrected chi connectivity index (χ1v) is 9.07. The fourth-order valence-electron chi connectivity index (χ4n) is 3.76. The number of likely N-dealkylation sites (tertiary alicyclic amines) is 1. The second-order valence-electron chi connectivity index (χ2n) is 6.96. The van der Waals surface area contributed by atoms with Gasteiger partial charge in [-0.25, -0.2) is 14.5 Å². The summed E-state index contributed by atoms with van der Waals surface area (Å²) < 4.78 is 1.51. The molecule has 26 heavy (non-hydrogen) atoms. The molecule has 1 saturated heterocycles. The van der Waals surface area contributed by atoms with Crippen LogP contribution in [-0.2, 0) is 6.54 Å². The molecule has 3 aromatic heterocycles. The van der Waals surface area contributed by atoms with Crippen LogP contribution in [0.2, 0.25) is 0 Å². The molecule has 136 valence electrons. The van der Waals surface area contributed by atoms with E-state index in [-0.39, 0.29) is 5.56 Å². The summed E-state index contributed by atoms with van der Waals surface area (Å²) in [5.41, 5.74) is 3.76. The zero-order chi connectivity index (χ0) is 18.1. The number of aromatic amines is 1. The Balaban J connectivity index is 1.46. The third-order valence-electron chi connectivity index (χ3n) is 5.13. The first kappa shape index (κ1) is 16.8. The van der Waals surface area contributed by atoms with Crippen LogP contribution >= 0.6 is 0 Å². The highest BCUT2D eigenvalue weighted by Crippen LogP contribution is 2.27. The lowest BCUT2D eigenvalue weighted by Crippen LogP contribution is -2.33. The summed E-state index contributed by atoms with van der Waals surface area (Å²) in [7, 11) is 1.90. The quantitative estimate of drug-likeness (QED) is 0.752. The summed E-state index contributed by atoms with van der Waals surface area (Å²) in [5.74, 6) is 1.29. The van der Waals surface area contributed by atoms with Crippen molar-refractivity contribution in [3.05, 3.63) is 57.8 Å². The normalized spacial score (nSPS) is 16.2. The van der Waals surface area contributed by atoms with Crippen LogP contribution in [0.25, 0.3) is 5.65 Å². The van der Waals surface area contributed by atoms with Gasteiger partial charge in [0.05, 0.1) is 5.69 Å². The van der Waals surface area contributed by atoms with Crippen molar-refractivity contribution in [3.63, 3.8) is 0 Å². The first-order valence-electron chi connectivity index (χ1n) is 9.07. The van der Waals surface area contributed by atoms with Crippen molar-refractivity contribution in [1.29, 1.82) is 0 Å². The van der Waals surface area contributed by atoms with E-state index in [9.17, 15) is 4.79 Å². The van der Waals surface area contributed by atoms with Crippen LogP contribution in [0.5, 0.6) is 0 Å². The molecule has 0 atom stereocenters. The molecule has 7 nitrogen and oxygen atoms in total. The zero-order valence-electron chi connectivity index (χ0n) is 15.2. The van der Waals surface area contributed by atoms with E-state index in [0.717, 1.165) is 49.7 Å². The minimum atomic E-state index is -0.0328. The van der Waals surface area contributed by atoms with E-state index in [1.165, 1.54) is 10.1 Å². The Hall–Kier alpha value is -2.67. The molecule has 0 radical (unpaired) electrons. The molecule has 0 unspecified atom stereocenters. The standard InChI is InChI=1S/C19H24N6O/c1-13-10-17-22-16(11-18(26)25(17)23-13)14-5-8-24(9-6-14)12-15-4-3-7-21-19(15)20-2/h3-4,7,10-11,14,23H,5-6,8-9,12H2,1-2H3,(H,20,21). The van der Waals surface area contributed by atoms with Gasteiger partial charge in [-0.1, -0.05) is 6.07 Å². The van der Waals surface area contributed by atoms with Gasteiger partial charge in [0.2, 0.25) is 0 Å². The van der Waals surface area contributed by atoms with Crippen LogP contribution in [0.3, 0.4) is 0 Å². The number of rotatable bonds is 4. The van der Waals surface area contributed by atoms with Gasteiger partial charge in [-0.3, -0.25) is 14.8 Å². The Labute approximate surface area is 152 Å². The molecule has 0 aliphatic carbocycles. The van der Waals surface area contributed by atoms with Gasteiger partial charge in [-0.05, 0) is 38.9 Å². The number of aryl methyl sites for hydroxylation is 1. The van der Waals surface area contributed by atoms with Crippen LogP contribution in [0.15, 0.2) is 35.3 Å². The second-order valence-corrected chi connectivity index (χ2v) is 6.96. The van der Waals surface area contributed by atoms with Gasteiger partial charge in [0.1, 0.15) is 5.82 Å². The van der Waals surface area contributed by atoms with Crippen LogP contribution in [0, 0.1) is 6.92 Å². The number of fused-ring (bicyclic) bond motifs is 1. The van der Waals surface area contributed by atoms with Crippen LogP contribution in [0.4, 0.5) is 5.82 Å². The molecule has 0 spiro atoms. The van der Waals surface area contributed by atoms with Crippen molar-refractivity contribution in [3.8, 4) is 0 Å². The summed E-state index contributed by atoms with van der Waals surface area (Å²) in [6, 6.07) is 7.70. The number of pyridine rings is 1. The van der Waals surface area contributed by atoms with Crippen molar-refractivity contribution < 1.29 is 0 Å². The maximum Gasteiger partial charge on any atom is 0.272 e. The van der Waals surface area contributed by atoms with Crippen molar-refractivity contribution in [2.24, 2.45) is 0 Å². The summed E-state index contributed by atoms with van der Waals surface area (Å²) in [4.78, 5) is 23.8. The average molecular weight is 352 g/mol. The molecule has 2 N–H and O–H groups in total. The minimum Gasteiger partial charge on any atom is -0.373 e. The lowest BCUT2D eigenvalue weighted by atomic mass is 9.93. The number of hydrogen-bond donors (Lipinski definition) is 2. The second kappa shape index (κ2) is 6.92. The van der Waals surface area contributed by atoms with Crippen LogP contribution < -0.4 is 10.9 Å². The number of H-pyrrole nitrogens is 1. The Morgan fingerprint density at radius 3 is 2.88 bits per heavy atom. The number of anilines is 1. The van der Waals surface area contributed by atoms with Crippen LogP contribution in [-0.4, -0.2) is 44.6 Å². The van der Waals surface area contributed by atoms with E-state index in [1.54, 1.807) is 6.07 Å². The molecule has 3 aromatic rings. The number of piperidine rings is 1. The van der Waals surface area contributed by atoms with Crippen molar-refractivity contribution in [2.75, 3.05) is 25.5 Å². The number of nitrogens with zero attached hydrogens (tertiary/aromatic N) is 4. The van der Waals surface area contributed by atoms with Gasteiger partial charge in [-0.15, -0.1) is 0 Å². The monoisotopic (exact) mass is 352 g/mol.